The van der Waals surface area contributed by atoms with Crippen LogP contribution in [0.5, 0.6) is 11.5 Å². The van der Waals surface area contributed by atoms with Crippen molar-refractivity contribution in [2.75, 3.05) is 40.4 Å². The number of nitrogens with one attached hydrogen (secondary N) is 3. The molecule has 31 heavy (non-hydrogen) atoms. The van der Waals surface area contributed by atoms with Gasteiger partial charge in [-0.25, -0.2) is 0 Å². The van der Waals surface area contributed by atoms with Crippen molar-refractivity contribution in [2.45, 2.75) is 12.8 Å². The average molecular weight is 559 g/mol. The summed E-state index contributed by atoms with van der Waals surface area (Å²) in [5.74, 6) is 1.96. The van der Waals surface area contributed by atoms with Gasteiger partial charge in [0.1, 0.15) is 13.2 Å². The SMILES string of the molecule is CN=C(NCCc1cccc(C(=O)NC)c1)NCCc1cc(Cl)c2c(c1)OCCO2.I. The first-order valence-corrected chi connectivity index (χ1v) is 10.3. The van der Waals surface area contributed by atoms with Gasteiger partial charge in [-0.2, -0.15) is 0 Å². The van der Waals surface area contributed by atoms with Gasteiger partial charge in [0.2, 0.25) is 0 Å². The fourth-order valence-corrected chi connectivity index (χ4v) is 3.48. The van der Waals surface area contributed by atoms with Crippen LogP contribution in [0.3, 0.4) is 0 Å². The Hall–Kier alpha value is -2.20. The molecular weight excluding hydrogens is 531 g/mol. The fourth-order valence-electron chi connectivity index (χ4n) is 3.19. The Morgan fingerprint density at radius 2 is 1.77 bits per heavy atom. The molecule has 2 aromatic rings. The van der Waals surface area contributed by atoms with E-state index in [1.54, 1.807) is 20.2 Å². The highest BCUT2D eigenvalue weighted by Crippen LogP contribution is 2.38. The maximum Gasteiger partial charge on any atom is 0.251 e. The number of nitrogens with zero attached hydrogens (tertiary/aromatic N) is 1. The summed E-state index contributed by atoms with van der Waals surface area (Å²) in [5.41, 5.74) is 2.82. The van der Waals surface area contributed by atoms with E-state index in [1.807, 2.05) is 30.3 Å². The third-order valence-electron chi connectivity index (χ3n) is 4.71. The minimum absolute atomic E-state index is 0. The topological polar surface area (TPSA) is 84.0 Å². The maximum atomic E-state index is 11.8. The molecule has 2 aromatic carbocycles. The highest BCUT2D eigenvalue weighted by Gasteiger charge is 2.16. The largest absolute Gasteiger partial charge is 0.486 e. The molecule has 3 N–H and O–H groups in total. The highest BCUT2D eigenvalue weighted by atomic mass is 127. The molecule has 7 nitrogen and oxygen atoms in total. The number of halogens is 2. The minimum Gasteiger partial charge on any atom is -0.486 e. The van der Waals surface area contributed by atoms with Gasteiger partial charge in [-0.15, -0.1) is 24.0 Å². The molecule has 0 saturated heterocycles. The molecule has 0 aromatic heterocycles. The molecule has 0 unspecified atom stereocenters. The molecule has 0 radical (unpaired) electrons. The Morgan fingerprint density at radius 1 is 1.06 bits per heavy atom. The van der Waals surface area contributed by atoms with Crippen LogP contribution in [0.25, 0.3) is 0 Å². The first kappa shape index (κ1) is 25.1. The van der Waals surface area contributed by atoms with Crippen molar-refractivity contribution in [3.8, 4) is 11.5 Å². The van der Waals surface area contributed by atoms with Crippen molar-refractivity contribution in [1.82, 2.24) is 16.0 Å². The Kier molecular flexibility index (Phi) is 10.2. The first-order chi connectivity index (χ1) is 14.6. The number of hydrogen-bond donors (Lipinski definition) is 3. The number of fused-ring (bicyclic) bond motifs is 1. The Morgan fingerprint density at radius 3 is 2.48 bits per heavy atom. The number of guanidine groups is 1. The molecule has 0 bridgehead atoms. The zero-order chi connectivity index (χ0) is 21.3. The molecule has 0 spiro atoms. The van der Waals surface area contributed by atoms with Gasteiger partial charge in [-0.05, 0) is 48.2 Å². The third kappa shape index (κ3) is 7.17. The van der Waals surface area contributed by atoms with Crippen molar-refractivity contribution in [3.63, 3.8) is 0 Å². The number of rotatable bonds is 7. The van der Waals surface area contributed by atoms with Crippen molar-refractivity contribution in [2.24, 2.45) is 4.99 Å². The van der Waals surface area contributed by atoms with E-state index in [0.717, 1.165) is 29.9 Å². The molecule has 0 fully saturated rings. The van der Waals surface area contributed by atoms with Crippen LogP contribution >= 0.6 is 35.6 Å². The Bertz CT molecular complexity index is 924. The Labute approximate surface area is 205 Å². The number of aliphatic imine (C=N–C) groups is 1. The van der Waals surface area contributed by atoms with Gasteiger partial charge in [-0.1, -0.05) is 23.7 Å². The van der Waals surface area contributed by atoms with E-state index in [0.29, 0.717) is 48.4 Å². The monoisotopic (exact) mass is 558 g/mol. The molecular formula is C22H28ClIN4O3. The molecule has 3 rings (SSSR count). The second-order valence-corrected chi connectivity index (χ2v) is 7.21. The number of carbonyl (C=O) groups is 1. The van der Waals surface area contributed by atoms with E-state index in [4.69, 9.17) is 21.1 Å². The van der Waals surface area contributed by atoms with E-state index < -0.39 is 0 Å². The summed E-state index contributed by atoms with van der Waals surface area (Å²) in [4.78, 5) is 16.0. The van der Waals surface area contributed by atoms with Crippen LogP contribution in [0.1, 0.15) is 21.5 Å². The van der Waals surface area contributed by atoms with Crippen LogP contribution < -0.4 is 25.4 Å². The summed E-state index contributed by atoms with van der Waals surface area (Å²) in [6, 6.07) is 11.5. The lowest BCUT2D eigenvalue weighted by atomic mass is 10.1. The third-order valence-corrected chi connectivity index (χ3v) is 4.99. The average Bonchev–Trinajstić information content (AvgIpc) is 2.77. The Balaban J connectivity index is 0.00000341. The smallest absolute Gasteiger partial charge is 0.251 e. The van der Waals surface area contributed by atoms with Crippen molar-refractivity contribution in [1.29, 1.82) is 0 Å². The second kappa shape index (κ2) is 12.6. The number of benzene rings is 2. The van der Waals surface area contributed by atoms with Crippen molar-refractivity contribution < 1.29 is 14.3 Å². The molecule has 1 amide bonds. The first-order valence-electron chi connectivity index (χ1n) is 9.94. The molecule has 0 saturated carbocycles. The quantitative estimate of drug-likeness (QED) is 0.276. The van der Waals surface area contributed by atoms with E-state index in [-0.39, 0.29) is 29.9 Å². The minimum atomic E-state index is -0.0819. The van der Waals surface area contributed by atoms with Crippen LogP contribution in [-0.2, 0) is 12.8 Å². The summed E-state index contributed by atoms with van der Waals surface area (Å²) >= 11 is 6.30. The predicted molar refractivity (Wildman–Crippen MR) is 134 cm³/mol. The van der Waals surface area contributed by atoms with Gasteiger partial charge >= 0.3 is 0 Å². The summed E-state index contributed by atoms with van der Waals surface area (Å²) in [5, 5.41) is 9.81. The van der Waals surface area contributed by atoms with Crippen molar-refractivity contribution in [3.05, 3.63) is 58.1 Å². The van der Waals surface area contributed by atoms with Crippen LogP contribution in [0.15, 0.2) is 41.4 Å². The van der Waals surface area contributed by atoms with Crippen molar-refractivity contribution >= 4 is 47.4 Å². The van der Waals surface area contributed by atoms with E-state index >= 15 is 0 Å². The molecule has 1 aliphatic rings. The van der Waals surface area contributed by atoms with Gasteiger partial charge in [0.05, 0.1) is 5.02 Å². The second-order valence-electron chi connectivity index (χ2n) is 6.81. The molecule has 9 heteroatoms. The number of hydrogen-bond acceptors (Lipinski definition) is 4. The standard InChI is InChI=1S/C22H27ClN4O3.HI/c1-24-21(28)17-5-3-4-15(12-17)6-8-26-22(25-2)27-9-7-16-13-18(23)20-19(14-16)29-10-11-30-20;/h3-5,12-14H,6-11H2,1-2H3,(H,24,28)(H2,25,26,27);1H. The molecule has 168 valence electrons. The van der Waals surface area contributed by atoms with Gasteiger partial charge in [0.25, 0.3) is 5.91 Å². The number of amides is 1. The van der Waals surface area contributed by atoms with Crippen LogP contribution in [0.4, 0.5) is 0 Å². The van der Waals surface area contributed by atoms with Crippen LogP contribution in [0, 0.1) is 0 Å². The lowest BCUT2D eigenvalue weighted by molar-refractivity contribution is 0.0963. The zero-order valence-corrected chi connectivity index (χ0v) is 20.8. The number of carbonyl (C=O) groups excluding carboxylic acids is 1. The number of ether oxygens (including phenoxy) is 2. The molecule has 1 heterocycles. The fraction of sp³-hybridized carbons (Fsp3) is 0.364. The maximum absolute atomic E-state index is 11.8. The van der Waals surface area contributed by atoms with Gasteiger partial charge in [0, 0.05) is 32.7 Å². The normalized spacial score (nSPS) is 12.5. The summed E-state index contributed by atoms with van der Waals surface area (Å²) in [7, 11) is 3.37. The lowest BCUT2D eigenvalue weighted by Gasteiger charge is -2.20. The van der Waals surface area contributed by atoms with Gasteiger partial charge < -0.3 is 25.4 Å². The van der Waals surface area contributed by atoms with E-state index in [9.17, 15) is 4.79 Å². The highest BCUT2D eigenvalue weighted by molar-refractivity contribution is 14.0. The van der Waals surface area contributed by atoms with E-state index in [2.05, 4.69) is 20.9 Å². The summed E-state index contributed by atoms with van der Waals surface area (Å²) < 4.78 is 11.2. The lowest BCUT2D eigenvalue weighted by Crippen LogP contribution is -2.39. The predicted octanol–water partition coefficient (Wildman–Crippen LogP) is 3.04. The van der Waals surface area contributed by atoms with Gasteiger partial charge in [0.15, 0.2) is 17.5 Å². The summed E-state index contributed by atoms with van der Waals surface area (Å²) in [6.07, 6.45) is 1.55. The molecule has 0 aliphatic carbocycles. The molecule has 1 aliphatic heterocycles. The molecule has 0 atom stereocenters. The zero-order valence-electron chi connectivity index (χ0n) is 17.7. The van der Waals surface area contributed by atoms with Gasteiger partial charge in [-0.3, -0.25) is 9.79 Å². The summed E-state index contributed by atoms with van der Waals surface area (Å²) in [6.45, 7) is 2.45. The van der Waals surface area contributed by atoms with E-state index in [1.165, 1.54) is 0 Å². The van der Waals surface area contributed by atoms with Crippen LogP contribution in [-0.4, -0.2) is 52.3 Å². The van der Waals surface area contributed by atoms with Crippen LogP contribution in [0.2, 0.25) is 5.02 Å².